The second kappa shape index (κ2) is 6.96. The average Bonchev–Trinajstić information content (AvgIpc) is 2.98. The van der Waals surface area contributed by atoms with E-state index in [1.807, 2.05) is 13.0 Å². The lowest BCUT2D eigenvalue weighted by atomic mass is 9.84. The summed E-state index contributed by atoms with van der Waals surface area (Å²) < 4.78 is 0. The third-order valence-corrected chi connectivity index (χ3v) is 5.63. The van der Waals surface area contributed by atoms with Crippen molar-refractivity contribution in [3.05, 3.63) is 33.8 Å². The standard InChI is InChI=1S/C16H20Cl2N2O.ClH/c1-8(12-5-4-11(17)7-13(12)18)20-16(21)14-9-2-3-10(6-9)15(14)19;/h4-5,7-10,14-15H,2-3,6,19H2,1H3,(H,20,21);1H. The third kappa shape index (κ3) is 3.23. The van der Waals surface area contributed by atoms with Gasteiger partial charge in [0.25, 0.3) is 0 Å². The molecule has 3 nitrogen and oxygen atoms in total. The molecule has 5 atom stereocenters. The fraction of sp³-hybridized carbons (Fsp3) is 0.562. The van der Waals surface area contributed by atoms with Crippen LogP contribution in [0.3, 0.4) is 0 Å². The van der Waals surface area contributed by atoms with E-state index in [0.29, 0.717) is 21.9 Å². The molecule has 0 radical (unpaired) electrons. The number of nitrogens with two attached hydrogens (primary N) is 1. The molecule has 6 heteroatoms. The molecule has 2 aliphatic carbocycles. The zero-order valence-electron chi connectivity index (χ0n) is 12.4. The maximum Gasteiger partial charge on any atom is 0.225 e. The topological polar surface area (TPSA) is 55.1 Å². The van der Waals surface area contributed by atoms with Gasteiger partial charge in [-0.25, -0.2) is 0 Å². The molecule has 0 aromatic heterocycles. The lowest BCUT2D eigenvalue weighted by molar-refractivity contribution is -0.127. The van der Waals surface area contributed by atoms with Crippen molar-refractivity contribution in [1.82, 2.24) is 5.32 Å². The van der Waals surface area contributed by atoms with Crippen LogP contribution in [-0.4, -0.2) is 11.9 Å². The number of benzene rings is 1. The Balaban J connectivity index is 0.00000176. The summed E-state index contributed by atoms with van der Waals surface area (Å²) in [6.45, 7) is 1.94. The number of fused-ring (bicyclic) bond motifs is 2. The molecule has 2 aliphatic rings. The fourth-order valence-electron chi connectivity index (χ4n) is 3.96. The Morgan fingerprint density at radius 3 is 2.59 bits per heavy atom. The smallest absolute Gasteiger partial charge is 0.225 e. The van der Waals surface area contributed by atoms with Crippen LogP contribution in [0, 0.1) is 17.8 Å². The minimum Gasteiger partial charge on any atom is -0.349 e. The monoisotopic (exact) mass is 362 g/mol. The third-order valence-electron chi connectivity index (χ3n) is 5.07. The van der Waals surface area contributed by atoms with Crippen molar-refractivity contribution in [2.24, 2.45) is 23.5 Å². The molecule has 3 rings (SSSR count). The lowest BCUT2D eigenvalue weighted by Crippen LogP contribution is -2.45. The minimum atomic E-state index is -0.145. The molecule has 2 saturated carbocycles. The Bertz CT molecular complexity index is 564. The summed E-state index contributed by atoms with van der Waals surface area (Å²) in [6.07, 6.45) is 3.41. The average molecular weight is 364 g/mol. The van der Waals surface area contributed by atoms with Crippen molar-refractivity contribution in [3.8, 4) is 0 Å². The quantitative estimate of drug-likeness (QED) is 0.854. The Morgan fingerprint density at radius 1 is 1.32 bits per heavy atom. The molecule has 1 aromatic rings. The van der Waals surface area contributed by atoms with Gasteiger partial charge in [-0.05, 0) is 55.7 Å². The van der Waals surface area contributed by atoms with Crippen molar-refractivity contribution in [3.63, 3.8) is 0 Å². The summed E-state index contributed by atoms with van der Waals surface area (Å²) in [5.41, 5.74) is 7.11. The van der Waals surface area contributed by atoms with E-state index in [9.17, 15) is 4.79 Å². The van der Waals surface area contributed by atoms with Crippen molar-refractivity contribution in [2.45, 2.75) is 38.3 Å². The minimum absolute atomic E-state index is 0. The maximum atomic E-state index is 12.5. The lowest BCUT2D eigenvalue weighted by Gasteiger charge is -2.28. The second-order valence-corrected chi connectivity index (χ2v) is 7.18. The molecule has 122 valence electrons. The fourth-order valence-corrected chi connectivity index (χ4v) is 4.54. The Morgan fingerprint density at radius 2 is 2.00 bits per heavy atom. The van der Waals surface area contributed by atoms with Gasteiger partial charge in [-0.3, -0.25) is 4.79 Å². The Labute approximate surface area is 147 Å². The van der Waals surface area contributed by atoms with Crippen LogP contribution in [0.1, 0.15) is 37.8 Å². The first-order chi connectivity index (χ1) is 9.97. The van der Waals surface area contributed by atoms with Crippen LogP contribution in [0.4, 0.5) is 0 Å². The molecule has 5 unspecified atom stereocenters. The molecule has 2 fully saturated rings. The van der Waals surface area contributed by atoms with Crippen LogP contribution >= 0.6 is 35.6 Å². The predicted octanol–water partition coefficient (Wildman–Crippen LogP) is 3.97. The number of halogens is 3. The van der Waals surface area contributed by atoms with Gasteiger partial charge < -0.3 is 11.1 Å². The molecular formula is C16H21Cl3N2O. The number of nitrogens with one attached hydrogen (secondary N) is 1. The molecule has 1 aromatic carbocycles. The summed E-state index contributed by atoms with van der Waals surface area (Å²) >= 11 is 12.1. The number of carbonyl (C=O) groups is 1. The van der Waals surface area contributed by atoms with E-state index in [1.54, 1.807) is 12.1 Å². The highest BCUT2D eigenvalue weighted by Crippen LogP contribution is 2.47. The van der Waals surface area contributed by atoms with Crippen LogP contribution in [0.15, 0.2) is 18.2 Å². The molecule has 0 saturated heterocycles. The summed E-state index contributed by atoms with van der Waals surface area (Å²) in [6, 6.07) is 5.21. The van der Waals surface area contributed by atoms with Gasteiger partial charge in [0.1, 0.15) is 0 Å². The number of amides is 1. The highest BCUT2D eigenvalue weighted by molar-refractivity contribution is 6.35. The van der Waals surface area contributed by atoms with Gasteiger partial charge in [0, 0.05) is 16.1 Å². The molecule has 22 heavy (non-hydrogen) atoms. The number of carbonyl (C=O) groups excluding carboxylic acids is 1. The maximum absolute atomic E-state index is 12.5. The van der Waals surface area contributed by atoms with Crippen LogP contribution < -0.4 is 11.1 Å². The molecular weight excluding hydrogens is 343 g/mol. The van der Waals surface area contributed by atoms with E-state index in [2.05, 4.69) is 5.32 Å². The van der Waals surface area contributed by atoms with Crippen molar-refractivity contribution < 1.29 is 4.79 Å². The van der Waals surface area contributed by atoms with Crippen molar-refractivity contribution in [2.75, 3.05) is 0 Å². The van der Waals surface area contributed by atoms with E-state index < -0.39 is 0 Å². The van der Waals surface area contributed by atoms with Crippen molar-refractivity contribution in [1.29, 1.82) is 0 Å². The highest BCUT2D eigenvalue weighted by atomic mass is 35.5. The van der Waals surface area contributed by atoms with Crippen LogP contribution in [0.25, 0.3) is 0 Å². The van der Waals surface area contributed by atoms with Crippen LogP contribution in [0.2, 0.25) is 10.0 Å². The largest absolute Gasteiger partial charge is 0.349 e. The first kappa shape index (κ1) is 17.9. The van der Waals surface area contributed by atoms with E-state index in [-0.39, 0.29) is 36.3 Å². The molecule has 3 N–H and O–H groups in total. The van der Waals surface area contributed by atoms with E-state index >= 15 is 0 Å². The second-order valence-electron chi connectivity index (χ2n) is 6.33. The van der Waals surface area contributed by atoms with Crippen molar-refractivity contribution >= 4 is 41.5 Å². The summed E-state index contributed by atoms with van der Waals surface area (Å²) in [4.78, 5) is 12.5. The SMILES string of the molecule is CC(NC(=O)C1C2CCC(C2)C1N)c1ccc(Cl)cc1Cl.Cl. The van der Waals surface area contributed by atoms with Gasteiger partial charge in [-0.15, -0.1) is 12.4 Å². The zero-order chi connectivity index (χ0) is 15.1. The Hall–Kier alpha value is -0.480. The van der Waals surface area contributed by atoms with Crippen LogP contribution in [-0.2, 0) is 4.79 Å². The van der Waals surface area contributed by atoms with Crippen LogP contribution in [0.5, 0.6) is 0 Å². The molecule has 0 aliphatic heterocycles. The molecule has 0 heterocycles. The number of hydrogen-bond donors (Lipinski definition) is 2. The molecule has 2 bridgehead atoms. The Kier molecular flexibility index (Phi) is 5.65. The van der Waals surface area contributed by atoms with Gasteiger partial charge >= 0.3 is 0 Å². The summed E-state index contributed by atoms with van der Waals surface area (Å²) in [5.74, 6) is 1.00. The summed E-state index contributed by atoms with van der Waals surface area (Å²) in [7, 11) is 0. The number of hydrogen-bond acceptors (Lipinski definition) is 2. The van der Waals surface area contributed by atoms with Gasteiger partial charge in [0.15, 0.2) is 0 Å². The molecule has 1 amide bonds. The highest BCUT2D eigenvalue weighted by Gasteiger charge is 2.49. The first-order valence-electron chi connectivity index (χ1n) is 7.48. The van der Waals surface area contributed by atoms with E-state index in [1.165, 1.54) is 6.42 Å². The molecule has 0 spiro atoms. The first-order valence-corrected chi connectivity index (χ1v) is 8.24. The predicted molar refractivity (Wildman–Crippen MR) is 92.6 cm³/mol. The van der Waals surface area contributed by atoms with E-state index in [0.717, 1.165) is 18.4 Å². The summed E-state index contributed by atoms with van der Waals surface area (Å²) in [5, 5.41) is 4.24. The van der Waals surface area contributed by atoms with Gasteiger partial charge in [-0.2, -0.15) is 0 Å². The van der Waals surface area contributed by atoms with Gasteiger partial charge in [0.05, 0.1) is 12.0 Å². The van der Waals surface area contributed by atoms with E-state index in [4.69, 9.17) is 28.9 Å². The normalized spacial score (nSPS) is 30.7. The van der Waals surface area contributed by atoms with Gasteiger partial charge in [-0.1, -0.05) is 29.3 Å². The zero-order valence-corrected chi connectivity index (χ0v) is 14.7. The number of rotatable bonds is 3. The van der Waals surface area contributed by atoms with Gasteiger partial charge in [0.2, 0.25) is 5.91 Å².